The number of carbonyl (C=O) groups is 1. The summed E-state index contributed by atoms with van der Waals surface area (Å²) in [6.07, 6.45) is -0.978. The fourth-order valence-electron chi connectivity index (χ4n) is 7.88. The maximum atomic E-state index is 13.3. The van der Waals surface area contributed by atoms with Crippen LogP contribution in [0.25, 0.3) is 0 Å². The number of ether oxygens (including phenoxy) is 1. The van der Waals surface area contributed by atoms with Crippen molar-refractivity contribution in [3.8, 4) is 0 Å². The van der Waals surface area contributed by atoms with Crippen LogP contribution in [-0.2, 0) is 9.53 Å². The fraction of sp³-hybridized carbons (Fsp3) is 0.850. The average Bonchev–Trinajstić information content (AvgIpc) is 2.76. The molecule has 144 valence electrons. The second kappa shape index (κ2) is 4.61. The molecule has 9 atom stereocenters. The lowest BCUT2D eigenvalue weighted by atomic mass is 9.35. The van der Waals surface area contributed by atoms with E-state index >= 15 is 0 Å². The molecule has 2 heterocycles. The van der Waals surface area contributed by atoms with Gasteiger partial charge in [-0.15, -0.1) is 0 Å². The van der Waals surface area contributed by atoms with E-state index in [0.29, 0.717) is 31.3 Å². The fourth-order valence-corrected chi connectivity index (χ4v) is 7.88. The van der Waals surface area contributed by atoms with Crippen LogP contribution in [0.3, 0.4) is 0 Å². The zero-order chi connectivity index (χ0) is 18.9. The number of aliphatic hydroxyl groups excluding tert-OH is 3. The Morgan fingerprint density at radius 2 is 1.88 bits per heavy atom. The number of aliphatic hydroxyl groups is 4. The van der Waals surface area contributed by atoms with Crippen LogP contribution in [-0.4, -0.2) is 56.9 Å². The topological polar surface area (TPSA) is 107 Å². The molecule has 26 heavy (non-hydrogen) atoms. The Morgan fingerprint density at radius 1 is 1.19 bits per heavy atom. The molecule has 6 heteroatoms. The van der Waals surface area contributed by atoms with Crippen molar-refractivity contribution in [2.24, 2.45) is 34.0 Å². The largest absolute Gasteiger partial charge is 0.393 e. The highest BCUT2D eigenvalue weighted by atomic mass is 16.6. The van der Waals surface area contributed by atoms with Gasteiger partial charge in [0.1, 0.15) is 6.10 Å². The highest BCUT2D eigenvalue weighted by molar-refractivity contribution is 6.04. The van der Waals surface area contributed by atoms with Crippen molar-refractivity contribution < 1.29 is 30.0 Å². The molecule has 2 spiro atoms. The molecule has 0 radical (unpaired) electrons. The molecule has 6 aliphatic rings. The quantitative estimate of drug-likeness (QED) is 0.463. The number of rotatable bonds is 0. The van der Waals surface area contributed by atoms with E-state index in [4.69, 9.17) is 4.74 Å². The monoisotopic (exact) mass is 364 g/mol. The molecule has 2 aliphatic heterocycles. The Hall–Kier alpha value is -0.790. The van der Waals surface area contributed by atoms with E-state index in [9.17, 15) is 25.2 Å². The molecule has 4 aliphatic carbocycles. The molecule has 0 amide bonds. The molecule has 0 aromatic rings. The van der Waals surface area contributed by atoms with E-state index in [2.05, 4.69) is 6.58 Å². The Kier molecular flexibility index (Phi) is 3.07. The van der Waals surface area contributed by atoms with Crippen LogP contribution in [0.2, 0.25) is 0 Å². The van der Waals surface area contributed by atoms with Crippen LogP contribution in [0.4, 0.5) is 0 Å². The lowest BCUT2D eigenvalue weighted by molar-refractivity contribution is -0.455. The third-order valence-electron chi connectivity index (χ3n) is 8.78. The van der Waals surface area contributed by atoms with E-state index in [1.165, 1.54) is 0 Å². The van der Waals surface area contributed by atoms with Crippen molar-refractivity contribution >= 4 is 5.78 Å². The highest BCUT2D eigenvalue weighted by Crippen LogP contribution is 2.76. The normalized spacial score (nSPS) is 59.9. The molecular weight excluding hydrogens is 336 g/mol. The van der Waals surface area contributed by atoms with Crippen LogP contribution in [0.15, 0.2) is 12.2 Å². The first kappa shape index (κ1) is 17.3. The number of hydrogen-bond donors (Lipinski definition) is 4. The van der Waals surface area contributed by atoms with Crippen LogP contribution in [0.1, 0.15) is 39.5 Å². The van der Waals surface area contributed by atoms with Crippen molar-refractivity contribution in [2.45, 2.75) is 63.6 Å². The molecule has 2 unspecified atom stereocenters. The predicted molar refractivity (Wildman–Crippen MR) is 90.7 cm³/mol. The lowest BCUT2D eigenvalue weighted by Gasteiger charge is -2.74. The molecular formula is C20H28O6. The first-order valence-corrected chi connectivity index (χ1v) is 9.68. The SMILES string of the molecule is C=C1C(=O)[C@]23CC1C[C@@H](O)[C@H]2[C@@]12COC3(O)[C@@H](O)[C@@H]1C(C)(C)CC[C@@H]2O. The van der Waals surface area contributed by atoms with Crippen LogP contribution in [0, 0.1) is 34.0 Å². The van der Waals surface area contributed by atoms with Gasteiger partial charge in [0, 0.05) is 17.3 Å². The van der Waals surface area contributed by atoms with E-state index in [1.807, 2.05) is 13.8 Å². The maximum Gasteiger partial charge on any atom is 0.205 e. The molecule has 6 rings (SSSR count). The standard InChI is InChI=1S/C20H28O6/c1-9-10-6-11(21)13-18-8-26-20(25,19(13,7-10)15(9)23)16(24)14(18)17(2,3)5-4-12(18)22/h10-14,16,21-22,24-25H,1,4-8H2,2-3H3/t10?,11-,12+,13+,14-,16+,18+,19+,20?/m1/s1. The van der Waals surface area contributed by atoms with Gasteiger partial charge in [0.15, 0.2) is 5.78 Å². The Labute approximate surface area is 152 Å². The number of Topliss-reactive ketones (excluding diaryl/α,β-unsaturated/α-hetero) is 1. The van der Waals surface area contributed by atoms with Crippen LogP contribution in [0.5, 0.6) is 0 Å². The molecule has 0 aromatic heterocycles. The Bertz CT molecular complexity index is 717. The summed E-state index contributed by atoms with van der Waals surface area (Å²) in [5, 5.41) is 45.1. The van der Waals surface area contributed by atoms with Gasteiger partial charge < -0.3 is 25.2 Å². The molecule has 4 bridgehead atoms. The zero-order valence-corrected chi connectivity index (χ0v) is 15.3. The summed E-state index contributed by atoms with van der Waals surface area (Å²) in [6, 6.07) is 0. The van der Waals surface area contributed by atoms with Crippen molar-refractivity contribution in [2.75, 3.05) is 6.61 Å². The second-order valence-electron chi connectivity index (χ2n) is 10.1. The third-order valence-corrected chi connectivity index (χ3v) is 8.78. The summed E-state index contributed by atoms with van der Waals surface area (Å²) in [7, 11) is 0. The summed E-state index contributed by atoms with van der Waals surface area (Å²) in [6.45, 7) is 8.01. The first-order chi connectivity index (χ1) is 12.0. The first-order valence-electron chi connectivity index (χ1n) is 9.68. The molecule has 6 nitrogen and oxygen atoms in total. The van der Waals surface area contributed by atoms with Crippen molar-refractivity contribution in [1.29, 1.82) is 0 Å². The van der Waals surface area contributed by atoms with E-state index in [1.54, 1.807) is 0 Å². The molecule has 4 N–H and O–H groups in total. The maximum absolute atomic E-state index is 13.3. The number of carbonyl (C=O) groups excluding carboxylic acids is 1. The van der Waals surface area contributed by atoms with Crippen LogP contribution < -0.4 is 0 Å². The van der Waals surface area contributed by atoms with Crippen molar-refractivity contribution in [3.63, 3.8) is 0 Å². The molecule has 4 saturated carbocycles. The third kappa shape index (κ3) is 1.47. The summed E-state index contributed by atoms with van der Waals surface area (Å²) >= 11 is 0. The number of ketones is 1. The Balaban J connectivity index is 1.81. The average molecular weight is 364 g/mol. The van der Waals surface area contributed by atoms with Gasteiger partial charge in [-0.25, -0.2) is 0 Å². The van der Waals surface area contributed by atoms with Gasteiger partial charge in [-0.05, 0) is 42.6 Å². The van der Waals surface area contributed by atoms with Gasteiger partial charge in [-0.2, -0.15) is 0 Å². The summed E-state index contributed by atoms with van der Waals surface area (Å²) in [5.41, 5.74) is -2.32. The number of hydrogen-bond acceptors (Lipinski definition) is 6. The van der Waals surface area contributed by atoms with Gasteiger partial charge in [0.05, 0.1) is 24.2 Å². The van der Waals surface area contributed by atoms with E-state index in [0.717, 1.165) is 0 Å². The highest BCUT2D eigenvalue weighted by Gasteiger charge is 2.85. The van der Waals surface area contributed by atoms with E-state index in [-0.39, 0.29) is 23.7 Å². The van der Waals surface area contributed by atoms with E-state index < -0.39 is 46.8 Å². The van der Waals surface area contributed by atoms with Gasteiger partial charge in [0.25, 0.3) is 0 Å². The predicted octanol–water partition coefficient (Wildman–Crippen LogP) is 0.376. The summed E-state index contributed by atoms with van der Waals surface area (Å²) in [4.78, 5) is 13.3. The molecule has 0 aromatic carbocycles. The minimum atomic E-state index is -2.05. The van der Waals surface area contributed by atoms with Gasteiger partial charge in [0.2, 0.25) is 5.79 Å². The van der Waals surface area contributed by atoms with Crippen LogP contribution >= 0.6 is 0 Å². The second-order valence-corrected chi connectivity index (χ2v) is 10.1. The Morgan fingerprint density at radius 3 is 2.58 bits per heavy atom. The number of fused-ring (bicyclic) bond motifs is 2. The summed E-state index contributed by atoms with van der Waals surface area (Å²) in [5.74, 6) is -3.66. The minimum absolute atomic E-state index is 0.0454. The number of allylic oxidation sites excluding steroid dienone is 1. The molecule has 6 fully saturated rings. The minimum Gasteiger partial charge on any atom is -0.393 e. The lowest BCUT2D eigenvalue weighted by Crippen LogP contribution is -2.85. The van der Waals surface area contributed by atoms with Gasteiger partial charge >= 0.3 is 0 Å². The smallest absolute Gasteiger partial charge is 0.205 e. The molecule has 2 saturated heterocycles. The summed E-state index contributed by atoms with van der Waals surface area (Å²) < 4.78 is 5.83. The zero-order valence-electron chi connectivity index (χ0n) is 15.3. The van der Waals surface area contributed by atoms with Gasteiger partial charge in [-0.3, -0.25) is 4.79 Å². The van der Waals surface area contributed by atoms with Gasteiger partial charge in [-0.1, -0.05) is 20.4 Å². The van der Waals surface area contributed by atoms with Crippen molar-refractivity contribution in [3.05, 3.63) is 12.2 Å². The van der Waals surface area contributed by atoms with Crippen molar-refractivity contribution in [1.82, 2.24) is 0 Å².